The predicted molar refractivity (Wildman–Crippen MR) is 74.7 cm³/mol. The zero-order valence-corrected chi connectivity index (χ0v) is 12.3. The van der Waals surface area contributed by atoms with Crippen LogP contribution in [0.25, 0.3) is 11.5 Å². The van der Waals surface area contributed by atoms with Crippen LogP contribution < -0.4 is 5.73 Å². The van der Waals surface area contributed by atoms with Crippen molar-refractivity contribution in [2.24, 2.45) is 18.7 Å². The fourth-order valence-electron chi connectivity index (χ4n) is 3.04. The second-order valence-electron chi connectivity index (χ2n) is 6.05. The third-order valence-electron chi connectivity index (χ3n) is 4.37. The molecule has 2 unspecified atom stereocenters. The molecule has 108 valence electrons. The van der Waals surface area contributed by atoms with Gasteiger partial charge < -0.3 is 10.3 Å². The van der Waals surface area contributed by atoms with Crippen molar-refractivity contribution in [3.05, 3.63) is 17.7 Å². The molecule has 6 nitrogen and oxygen atoms in total. The van der Waals surface area contributed by atoms with Gasteiger partial charge >= 0.3 is 0 Å². The normalized spacial score (nSPS) is 26.9. The third kappa shape index (κ3) is 2.14. The van der Waals surface area contributed by atoms with E-state index < -0.39 is 5.54 Å². The molecule has 0 aromatic carbocycles. The van der Waals surface area contributed by atoms with E-state index in [0.717, 1.165) is 30.5 Å². The van der Waals surface area contributed by atoms with Gasteiger partial charge in [-0.1, -0.05) is 24.9 Å². The van der Waals surface area contributed by atoms with Gasteiger partial charge in [-0.2, -0.15) is 10.1 Å². The fraction of sp³-hybridized carbons (Fsp3) is 0.643. The molecule has 2 N–H and O–H groups in total. The monoisotopic (exact) mass is 275 g/mol. The average Bonchev–Trinajstić information content (AvgIpc) is 2.98. The molecule has 1 aliphatic rings. The molecule has 20 heavy (non-hydrogen) atoms. The standard InChI is InChI=1S/C14H21N5O/c1-9-5-4-6-14(15,7-9)13-17-12(20-18-13)11-8-16-19(3)10(11)2/h8-9H,4-7,15H2,1-3H3. The van der Waals surface area contributed by atoms with Gasteiger partial charge in [0.2, 0.25) is 0 Å². The van der Waals surface area contributed by atoms with E-state index in [4.69, 9.17) is 10.3 Å². The fourth-order valence-corrected chi connectivity index (χ4v) is 3.04. The maximum Gasteiger partial charge on any atom is 0.261 e. The van der Waals surface area contributed by atoms with Gasteiger partial charge in [0.1, 0.15) is 0 Å². The summed E-state index contributed by atoms with van der Waals surface area (Å²) in [5.41, 5.74) is 7.93. The minimum absolute atomic E-state index is 0.449. The van der Waals surface area contributed by atoms with Crippen molar-refractivity contribution in [3.8, 4) is 11.5 Å². The van der Waals surface area contributed by atoms with Gasteiger partial charge in [-0.3, -0.25) is 4.68 Å². The number of rotatable bonds is 2. The van der Waals surface area contributed by atoms with Gasteiger partial charge in [0, 0.05) is 12.7 Å². The highest BCUT2D eigenvalue weighted by Gasteiger charge is 2.37. The minimum atomic E-state index is -0.449. The maximum absolute atomic E-state index is 6.50. The third-order valence-corrected chi connectivity index (χ3v) is 4.37. The Bertz CT molecular complexity index is 617. The Hall–Kier alpha value is -1.69. The molecule has 0 amide bonds. The van der Waals surface area contributed by atoms with Crippen molar-refractivity contribution in [2.45, 2.75) is 45.1 Å². The smallest absolute Gasteiger partial charge is 0.261 e. The number of aryl methyl sites for hydroxylation is 1. The molecule has 1 saturated carbocycles. The largest absolute Gasteiger partial charge is 0.334 e. The first-order valence-corrected chi connectivity index (χ1v) is 7.11. The highest BCUT2D eigenvalue weighted by atomic mass is 16.5. The summed E-state index contributed by atoms with van der Waals surface area (Å²) in [7, 11) is 1.89. The van der Waals surface area contributed by atoms with E-state index in [1.165, 1.54) is 6.42 Å². The summed E-state index contributed by atoms with van der Waals surface area (Å²) in [4.78, 5) is 4.53. The number of nitrogens with two attached hydrogens (primary N) is 1. The van der Waals surface area contributed by atoms with E-state index >= 15 is 0 Å². The van der Waals surface area contributed by atoms with Crippen molar-refractivity contribution >= 4 is 0 Å². The van der Waals surface area contributed by atoms with E-state index in [2.05, 4.69) is 22.2 Å². The molecule has 1 fully saturated rings. The van der Waals surface area contributed by atoms with E-state index in [1.54, 1.807) is 10.9 Å². The van der Waals surface area contributed by atoms with E-state index in [1.807, 2.05) is 14.0 Å². The van der Waals surface area contributed by atoms with Crippen molar-refractivity contribution in [2.75, 3.05) is 0 Å². The molecule has 2 aromatic heterocycles. The van der Waals surface area contributed by atoms with Gasteiger partial charge in [0.05, 0.1) is 17.3 Å². The van der Waals surface area contributed by atoms with Crippen molar-refractivity contribution < 1.29 is 4.52 Å². The molecule has 6 heteroatoms. The summed E-state index contributed by atoms with van der Waals surface area (Å²) in [6.45, 7) is 4.21. The summed E-state index contributed by atoms with van der Waals surface area (Å²) in [6.07, 6.45) is 5.93. The Morgan fingerprint density at radius 2 is 2.30 bits per heavy atom. The van der Waals surface area contributed by atoms with E-state index in [9.17, 15) is 0 Å². The van der Waals surface area contributed by atoms with Crippen LogP contribution in [0.15, 0.2) is 10.7 Å². The van der Waals surface area contributed by atoms with Crippen LogP contribution in [0.4, 0.5) is 0 Å². The van der Waals surface area contributed by atoms with Crippen LogP contribution in [0, 0.1) is 12.8 Å². The SMILES string of the molecule is Cc1c(-c2nc(C3(N)CCCC(C)C3)no2)cnn1C. The second kappa shape index (κ2) is 4.70. The van der Waals surface area contributed by atoms with E-state index in [0.29, 0.717) is 17.6 Å². The van der Waals surface area contributed by atoms with Gasteiger partial charge in [-0.25, -0.2) is 0 Å². The number of aromatic nitrogens is 4. The number of hydrogen-bond acceptors (Lipinski definition) is 5. The van der Waals surface area contributed by atoms with Gasteiger partial charge in [-0.05, 0) is 25.7 Å². The molecule has 0 spiro atoms. The van der Waals surface area contributed by atoms with Gasteiger partial charge in [0.15, 0.2) is 5.82 Å². The summed E-state index contributed by atoms with van der Waals surface area (Å²) < 4.78 is 7.20. The molecule has 2 aromatic rings. The Morgan fingerprint density at radius 1 is 1.50 bits per heavy atom. The Labute approximate surface area is 118 Å². The first-order chi connectivity index (χ1) is 9.49. The zero-order valence-electron chi connectivity index (χ0n) is 12.3. The van der Waals surface area contributed by atoms with Crippen LogP contribution in [0.1, 0.15) is 44.1 Å². The molecule has 0 radical (unpaired) electrons. The topological polar surface area (TPSA) is 82.8 Å². The highest BCUT2D eigenvalue weighted by Crippen LogP contribution is 2.37. The lowest BCUT2D eigenvalue weighted by Gasteiger charge is -2.33. The predicted octanol–water partition coefficient (Wildman–Crippen LogP) is 2.14. The molecule has 0 saturated heterocycles. The summed E-state index contributed by atoms with van der Waals surface area (Å²) in [5, 5.41) is 8.33. The molecular weight excluding hydrogens is 254 g/mol. The Morgan fingerprint density at radius 3 is 2.95 bits per heavy atom. The lowest BCUT2D eigenvalue weighted by atomic mass is 9.76. The van der Waals surface area contributed by atoms with Crippen LogP contribution in [0.3, 0.4) is 0 Å². The quantitative estimate of drug-likeness (QED) is 0.908. The second-order valence-corrected chi connectivity index (χ2v) is 6.05. The van der Waals surface area contributed by atoms with Crippen LogP contribution in [0.5, 0.6) is 0 Å². The number of hydrogen-bond donors (Lipinski definition) is 1. The van der Waals surface area contributed by atoms with Crippen LogP contribution >= 0.6 is 0 Å². The highest BCUT2D eigenvalue weighted by molar-refractivity contribution is 5.54. The molecular formula is C14H21N5O. The summed E-state index contributed by atoms with van der Waals surface area (Å²) in [6, 6.07) is 0. The molecule has 2 heterocycles. The number of nitrogens with zero attached hydrogens (tertiary/aromatic N) is 4. The first-order valence-electron chi connectivity index (χ1n) is 7.11. The Balaban J connectivity index is 1.92. The van der Waals surface area contributed by atoms with Crippen molar-refractivity contribution in [3.63, 3.8) is 0 Å². The summed E-state index contributed by atoms with van der Waals surface area (Å²) in [5.74, 6) is 1.74. The van der Waals surface area contributed by atoms with Crippen molar-refractivity contribution in [1.29, 1.82) is 0 Å². The lowest BCUT2D eigenvalue weighted by Crippen LogP contribution is -2.42. The van der Waals surface area contributed by atoms with Gasteiger partial charge in [0.25, 0.3) is 5.89 Å². The lowest BCUT2D eigenvalue weighted by molar-refractivity contribution is 0.222. The molecule has 1 aliphatic carbocycles. The molecule has 2 atom stereocenters. The van der Waals surface area contributed by atoms with Crippen LogP contribution in [-0.2, 0) is 12.6 Å². The maximum atomic E-state index is 6.50. The summed E-state index contributed by atoms with van der Waals surface area (Å²) >= 11 is 0. The zero-order chi connectivity index (χ0) is 14.3. The van der Waals surface area contributed by atoms with E-state index in [-0.39, 0.29) is 0 Å². The van der Waals surface area contributed by atoms with Crippen LogP contribution in [-0.4, -0.2) is 19.9 Å². The molecule has 3 rings (SSSR count). The van der Waals surface area contributed by atoms with Gasteiger partial charge in [-0.15, -0.1) is 0 Å². The Kier molecular flexibility index (Phi) is 3.12. The van der Waals surface area contributed by atoms with Crippen LogP contribution in [0.2, 0.25) is 0 Å². The minimum Gasteiger partial charge on any atom is -0.334 e. The molecule has 0 aliphatic heterocycles. The molecule has 0 bridgehead atoms. The van der Waals surface area contributed by atoms with Crippen molar-refractivity contribution in [1.82, 2.24) is 19.9 Å². The first kappa shape index (κ1) is 13.3. The average molecular weight is 275 g/mol.